The first-order chi connectivity index (χ1) is 8.88. The van der Waals surface area contributed by atoms with Gasteiger partial charge in [-0.3, -0.25) is 4.79 Å². The van der Waals surface area contributed by atoms with Crippen molar-refractivity contribution in [1.82, 2.24) is 4.57 Å². The van der Waals surface area contributed by atoms with Crippen LogP contribution in [0.25, 0.3) is 0 Å². The average molecular weight is 255 g/mol. The Morgan fingerprint density at radius 2 is 1.68 bits per heavy atom. The normalized spacial score (nSPS) is 11.6. The van der Waals surface area contributed by atoms with Crippen molar-refractivity contribution in [3.05, 3.63) is 69.6 Å². The third kappa shape index (κ3) is 3.14. The van der Waals surface area contributed by atoms with E-state index < -0.39 is 0 Å². The highest BCUT2D eigenvalue weighted by atomic mass is 16.1. The van der Waals surface area contributed by atoms with Crippen molar-refractivity contribution in [2.24, 2.45) is 7.05 Å². The molecule has 2 nitrogen and oxygen atoms in total. The summed E-state index contributed by atoms with van der Waals surface area (Å²) in [6, 6.07) is 12.4. The molecular formula is C17H21NO. The summed E-state index contributed by atoms with van der Waals surface area (Å²) in [7, 11) is 1.83. The minimum absolute atomic E-state index is 0.101. The molecule has 0 N–H and O–H groups in total. The molecule has 19 heavy (non-hydrogen) atoms. The van der Waals surface area contributed by atoms with E-state index in [1.807, 2.05) is 31.4 Å². The maximum Gasteiger partial charge on any atom is 0.254 e. The van der Waals surface area contributed by atoms with Gasteiger partial charge in [-0.05, 0) is 29.0 Å². The quantitative estimate of drug-likeness (QED) is 0.807. The summed E-state index contributed by atoms with van der Waals surface area (Å²) >= 11 is 0. The van der Waals surface area contributed by atoms with Gasteiger partial charge in [0.15, 0.2) is 0 Å². The van der Waals surface area contributed by atoms with Crippen molar-refractivity contribution in [3.63, 3.8) is 0 Å². The van der Waals surface area contributed by atoms with Crippen LogP contribution in [0.5, 0.6) is 0 Å². The standard InChI is InChI=1S/C17H21NO/c1-17(2,3)15-11-14(12-18(4)16(15)19)10-13-8-6-5-7-9-13/h5-9,11-12H,10H2,1-4H3. The zero-order chi connectivity index (χ0) is 14.0. The van der Waals surface area contributed by atoms with E-state index in [2.05, 4.69) is 39.0 Å². The van der Waals surface area contributed by atoms with Crippen molar-refractivity contribution in [3.8, 4) is 0 Å². The van der Waals surface area contributed by atoms with E-state index in [1.54, 1.807) is 4.57 Å². The summed E-state index contributed by atoms with van der Waals surface area (Å²) in [5, 5.41) is 0. The molecule has 0 fully saturated rings. The number of hydrogen-bond acceptors (Lipinski definition) is 1. The molecule has 0 spiro atoms. The molecule has 2 aromatic rings. The zero-order valence-corrected chi connectivity index (χ0v) is 12.1. The van der Waals surface area contributed by atoms with E-state index in [0.717, 1.165) is 12.0 Å². The predicted molar refractivity (Wildman–Crippen MR) is 79.6 cm³/mol. The molecule has 0 unspecified atom stereocenters. The van der Waals surface area contributed by atoms with Gasteiger partial charge in [-0.15, -0.1) is 0 Å². The van der Waals surface area contributed by atoms with Gasteiger partial charge < -0.3 is 4.57 Å². The predicted octanol–water partition coefficient (Wildman–Crippen LogP) is 3.27. The molecule has 2 heteroatoms. The molecule has 100 valence electrons. The monoisotopic (exact) mass is 255 g/mol. The molecule has 0 aliphatic rings. The van der Waals surface area contributed by atoms with Crippen LogP contribution in [-0.4, -0.2) is 4.57 Å². The van der Waals surface area contributed by atoms with E-state index >= 15 is 0 Å². The second-order valence-electron chi connectivity index (χ2n) is 6.09. The molecule has 0 bridgehead atoms. The number of aryl methyl sites for hydroxylation is 1. The Bertz CT molecular complexity index is 618. The molecule has 0 aliphatic carbocycles. The van der Waals surface area contributed by atoms with Crippen molar-refractivity contribution in [2.75, 3.05) is 0 Å². The molecule has 1 aromatic heterocycles. The number of benzene rings is 1. The second-order valence-corrected chi connectivity index (χ2v) is 6.09. The third-order valence-electron chi connectivity index (χ3n) is 3.30. The van der Waals surface area contributed by atoms with Gasteiger partial charge in [-0.25, -0.2) is 0 Å². The van der Waals surface area contributed by atoms with Crippen LogP contribution < -0.4 is 5.56 Å². The first kappa shape index (κ1) is 13.6. The molecule has 2 rings (SSSR count). The first-order valence-electron chi connectivity index (χ1n) is 6.62. The number of pyridine rings is 1. The van der Waals surface area contributed by atoms with Crippen LogP contribution in [0.1, 0.15) is 37.5 Å². The van der Waals surface area contributed by atoms with Crippen molar-refractivity contribution in [1.29, 1.82) is 0 Å². The Hall–Kier alpha value is -1.83. The van der Waals surface area contributed by atoms with E-state index in [-0.39, 0.29) is 11.0 Å². The zero-order valence-electron chi connectivity index (χ0n) is 12.1. The van der Waals surface area contributed by atoms with Crippen molar-refractivity contribution < 1.29 is 0 Å². The molecular weight excluding hydrogens is 234 g/mol. The van der Waals surface area contributed by atoms with E-state index in [0.29, 0.717) is 0 Å². The Kier molecular flexibility index (Phi) is 3.61. The molecule has 0 saturated heterocycles. The lowest BCUT2D eigenvalue weighted by Crippen LogP contribution is -2.29. The van der Waals surface area contributed by atoms with Gasteiger partial charge in [0, 0.05) is 18.8 Å². The number of hydrogen-bond donors (Lipinski definition) is 0. The maximum atomic E-state index is 12.2. The van der Waals surface area contributed by atoms with Crippen molar-refractivity contribution in [2.45, 2.75) is 32.6 Å². The van der Waals surface area contributed by atoms with Crippen LogP contribution in [-0.2, 0) is 18.9 Å². The lowest BCUT2D eigenvalue weighted by molar-refractivity contribution is 0.571. The Balaban J connectivity index is 2.43. The van der Waals surface area contributed by atoms with Crippen molar-refractivity contribution >= 4 is 0 Å². The maximum absolute atomic E-state index is 12.2. The summed E-state index contributed by atoms with van der Waals surface area (Å²) in [4.78, 5) is 12.2. The third-order valence-corrected chi connectivity index (χ3v) is 3.30. The summed E-state index contributed by atoms with van der Waals surface area (Å²) < 4.78 is 1.69. The molecule has 0 radical (unpaired) electrons. The molecule has 1 aromatic carbocycles. The Morgan fingerprint density at radius 3 is 2.26 bits per heavy atom. The van der Waals surface area contributed by atoms with E-state index in [4.69, 9.17) is 0 Å². The number of nitrogens with zero attached hydrogens (tertiary/aromatic N) is 1. The van der Waals surface area contributed by atoms with Crippen LogP contribution in [0.3, 0.4) is 0 Å². The largest absolute Gasteiger partial charge is 0.318 e. The Labute approximate surface area is 114 Å². The van der Waals surface area contributed by atoms with Gasteiger partial charge in [-0.1, -0.05) is 51.1 Å². The van der Waals surface area contributed by atoms with Gasteiger partial charge in [-0.2, -0.15) is 0 Å². The minimum atomic E-state index is -0.123. The molecule has 0 aliphatic heterocycles. The molecule has 1 heterocycles. The van der Waals surface area contributed by atoms with Gasteiger partial charge >= 0.3 is 0 Å². The van der Waals surface area contributed by atoms with Crippen LogP contribution in [0.15, 0.2) is 47.4 Å². The van der Waals surface area contributed by atoms with E-state index in [1.165, 1.54) is 11.1 Å². The summed E-state index contributed by atoms with van der Waals surface area (Å²) in [6.07, 6.45) is 2.79. The summed E-state index contributed by atoms with van der Waals surface area (Å²) in [6.45, 7) is 6.24. The molecule has 0 saturated carbocycles. The van der Waals surface area contributed by atoms with Gasteiger partial charge in [0.2, 0.25) is 0 Å². The lowest BCUT2D eigenvalue weighted by atomic mass is 9.86. The fourth-order valence-corrected chi connectivity index (χ4v) is 2.25. The van der Waals surface area contributed by atoms with Crippen LogP contribution >= 0.6 is 0 Å². The number of aromatic nitrogens is 1. The fraction of sp³-hybridized carbons (Fsp3) is 0.353. The highest BCUT2D eigenvalue weighted by Gasteiger charge is 2.19. The van der Waals surface area contributed by atoms with Gasteiger partial charge in [0.25, 0.3) is 5.56 Å². The van der Waals surface area contributed by atoms with Crippen LogP contribution in [0, 0.1) is 0 Å². The first-order valence-corrected chi connectivity index (χ1v) is 6.62. The average Bonchev–Trinajstić information content (AvgIpc) is 2.33. The van der Waals surface area contributed by atoms with Crippen LogP contribution in [0.4, 0.5) is 0 Å². The minimum Gasteiger partial charge on any atom is -0.318 e. The van der Waals surface area contributed by atoms with Crippen LogP contribution in [0.2, 0.25) is 0 Å². The second kappa shape index (κ2) is 5.04. The van der Waals surface area contributed by atoms with E-state index in [9.17, 15) is 4.79 Å². The fourth-order valence-electron chi connectivity index (χ4n) is 2.25. The highest BCUT2D eigenvalue weighted by molar-refractivity contribution is 5.30. The molecule has 0 amide bonds. The SMILES string of the molecule is Cn1cc(Cc2ccccc2)cc(C(C)(C)C)c1=O. The molecule has 0 atom stereocenters. The van der Waals surface area contributed by atoms with Gasteiger partial charge in [0.05, 0.1) is 0 Å². The number of rotatable bonds is 2. The Morgan fingerprint density at radius 1 is 1.05 bits per heavy atom. The lowest BCUT2D eigenvalue weighted by Gasteiger charge is -2.20. The topological polar surface area (TPSA) is 22.0 Å². The summed E-state index contributed by atoms with van der Waals surface area (Å²) in [5.41, 5.74) is 3.30. The smallest absolute Gasteiger partial charge is 0.254 e. The highest BCUT2D eigenvalue weighted by Crippen LogP contribution is 2.20. The summed E-state index contributed by atoms with van der Waals surface area (Å²) in [5.74, 6) is 0. The van der Waals surface area contributed by atoms with Gasteiger partial charge in [0.1, 0.15) is 0 Å².